The molecule has 2 heterocycles. The molecule has 5 heteroatoms. The van der Waals surface area contributed by atoms with Crippen molar-refractivity contribution in [3.05, 3.63) is 57.4 Å². The Bertz CT molecular complexity index is 849. The van der Waals surface area contributed by atoms with Crippen molar-refractivity contribution >= 4 is 5.82 Å². The lowest BCUT2D eigenvalue weighted by molar-refractivity contribution is -0.0570. The van der Waals surface area contributed by atoms with Crippen LogP contribution >= 0.6 is 0 Å². The number of ether oxygens (including phenoxy) is 1. The number of nitrogens with zero attached hydrogens (tertiary/aromatic N) is 2. The second-order valence-electron chi connectivity index (χ2n) is 6.07. The quantitative estimate of drug-likeness (QED) is 0.924. The van der Waals surface area contributed by atoms with Gasteiger partial charge in [-0.05, 0) is 31.0 Å². The van der Waals surface area contributed by atoms with Crippen molar-refractivity contribution < 1.29 is 4.74 Å². The van der Waals surface area contributed by atoms with Crippen LogP contribution in [0.1, 0.15) is 37.0 Å². The van der Waals surface area contributed by atoms with Gasteiger partial charge in [0.2, 0.25) is 0 Å². The van der Waals surface area contributed by atoms with E-state index in [1.165, 1.54) is 4.57 Å². The van der Waals surface area contributed by atoms with Gasteiger partial charge in [-0.3, -0.25) is 9.36 Å². The normalized spacial score (nSPS) is 19.9. The highest BCUT2D eigenvalue weighted by molar-refractivity contribution is 5.60. The molecule has 0 radical (unpaired) electrons. The molecule has 0 bridgehead atoms. The van der Waals surface area contributed by atoms with E-state index in [4.69, 9.17) is 10.5 Å². The first-order chi connectivity index (χ1) is 11.0. The lowest BCUT2D eigenvalue weighted by atomic mass is 9.86. The fraction of sp³-hybridized carbons (Fsp3) is 0.333. The number of para-hydroxylation sites is 1. The lowest BCUT2D eigenvalue weighted by Gasteiger charge is -2.35. The number of hydrogen-bond donors (Lipinski definition) is 1. The Hall–Kier alpha value is -2.58. The minimum absolute atomic E-state index is 0.197. The average Bonchev–Trinajstić information content (AvgIpc) is 2.56. The Morgan fingerprint density at radius 3 is 2.65 bits per heavy atom. The second kappa shape index (κ2) is 5.56. The van der Waals surface area contributed by atoms with Crippen LogP contribution in [0.4, 0.5) is 5.82 Å². The van der Waals surface area contributed by atoms with Crippen LogP contribution in [0, 0.1) is 11.3 Å². The summed E-state index contributed by atoms with van der Waals surface area (Å²) in [6.45, 7) is 4.24. The van der Waals surface area contributed by atoms with Crippen LogP contribution in [0.2, 0.25) is 0 Å². The molecular formula is C18H19N3O2. The molecule has 118 valence electrons. The molecule has 1 atom stereocenters. The average molecular weight is 309 g/mol. The van der Waals surface area contributed by atoms with Crippen LogP contribution in [0.25, 0.3) is 5.69 Å². The molecule has 1 aromatic carbocycles. The van der Waals surface area contributed by atoms with Crippen molar-refractivity contribution in [2.75, 3.05) is 5.73 Å². The summed E-state index contributed by atoms with van der Waals surface area (Å²) in [5.74, 6) is 0.197. The zero-order chi connectivity index (χ0) is 16.6. The zero-order valence-corrected chi connectivity index (χ0v) is 13.3. The van der Waals surface area contributed by atoms with Crippen LogP contribution < -0.4 is 11.3 Å². The number of nitrogens with two attached hydrogens (primary N) is 1. The van der Waals surface area contributed by atoms with E-state index in [1.807, 2.05) is 32.0 Å². The number of anilines is 1. The number of hydrogen-bond acceptors (Lipinski definition) is 4. The minimum atomic E-state index is -0.365. The summed E-state index contributed by atoms with van der Waals surface area (Å²) in [7, 11) is 0. The molecule has 1 aromatic heterocycles. The van der Waals surface area contributed by atoms with Crippen molar-refractivity contribution in [2.24, 2.45) is 0 Å². The molecule has 2 N–H and O–H groups in total. The minimum Gasteiger partial charge on any atom is -0.384 e. The molecule has 1 aliphatic heterocycles. The van der Waals surface area contributed by atoms with Crippen LogP contribution in [0.5, 0.6) is 0 Å². The van der Waals surface area contributed by atoms with Crippen molar-refractivity contribution in [3.8, 4) is 11.8 Å². The Balaban J connectivity index is 2.29. The van der Waals surface area contributed by atoms with Gasteiger partial charge in [0.25, 0.3) is 5.56 Å². The molecular weight excluding hydrogens is 290 g/mol. The molecule has 0 fully saturated rings. The van der Waals surface area contributed by atoms with Gasteiger partial charge in [-0.1, -0.05) is 25.1 Å². The SMILES string of the molecule is CC[C@]1(C)Cc2c(C#N)c(N)n(-c3ccccc3)c(=O)c2CO1. The molecule has 0 saturated heterocycles. The molecule has 0 aliphatic carbocycles. The number of pyridine rings is 1. The first-order valence-electron chi connectivity index (χ1n) is 7.66. The van der Waals surface area contributed by atoms with Crippen LogP contribution in [-0.4, -0.2) is 10.2 Å². The van der Waals surface area contributed by atoms with Crippen molar-refractivity contribution in [3.63, 3.8) is 0 Å². The molecule has 0 unspecified atom stereocenters. The maximum atomic E-state index is 12.9. The largest absolute Gasteiger partial charge is 0.384 e. The van der Waals surface area contributed by atoms with Gasteiger partial charge >= 0.3 is 0 Å². The number of benzene rings is 1. The predicted octanol–water partition coefficient (Wildman–Crippen LogP) is 2.53. The van der Waals surface area contributed by atoms with Gasteiger partial charge in [0, 0.05) is 12.0 Å². The summed E-state index contributed by atoms with van der Waals surface area (Å²) in [6.07, 6.45) is 1.33. The summed E-state index contributed by atoms with van der Waals surface area (Å²) in [5.41, 5.74) is 7.91. The van der Waals surface area contributed by atoms with Gasteiger partial charge < -0.3 is 10.5 Å². The van der Waals surface area contributed by atoms with E-state index in [-0.39, 0.29) is 23.6 Å². The molecule has 2 aromatic rings. The monoisotopic (exact) mass is 309 g/mol. The number of nitrogen functional groups attached to an aromatic ring is 1. The number of fused-ring (bicyclic) bond motifs is 1. The topological polar surface area (TPSA) is 81.0 Å². The molecule has 3 rings (SSSR count). The van der Waals surface area contributed by atoms with Crippen molar-refractivity contribution in [1.29, 1.82) is 5.26 Å². The fourth-order valence-corrected chi connectivity index (χ4v) is 2.99. The smallest absolute Gasteiger partial charge is 0.262 e. The summed E-state index contributed by atoms with van der Waals surface area (Å²) in [5, 5.41) is 9.59. The van der Waals surface area contributed by atoms with E-state index >= 15 is 0 Å². The molecule has 23 heavy (non-hydrogen) atoms. The molecule has 5 nitrogen and oxygen atoms in total. The van der Waals surface area contributed by atoms with Gasteiger partial charge in [0.15, 0.2) is 0 Å². The predicted molar refractivity (Wildman–Crippen MR) is 88.4 cm³/mol. The van der Waals surface area contributed by atoms with Crippen LogP contribution in [0.15, 0.2) is 35.1 Å². The third-order valence-corrected chi connectivity index (χ3v) is 4.61. The number of aromatic nitrogens is 1. The number of rotatable bonds is 2. The maximum Gasteiger partial charge on any atom is 0.262 e. The van der Waals surface area contributed by atoms with E-state index in [0.29, 0.717) is 23.2 Å². The Morgan fingerprint density at radius 1 is 1.35 bits per heavy atom. The highest BCUT2D eigenvalue weighted by atomic mass is 16.5. The molecule has 0 spiro atoms. The van der Waals surface area contributed by atoms with E-state index in [9.17, 15) is 10.1 Å². The van der Waals surface area contributed by atoms with E-state index in [0.717, 1.165) is 12.0 Å². The summed E-state index contributed by atoms with van der Waals surface area (Å²) < 4.78 is 7.29. The van der Waals surface area contributed by atoms with Gasteiger partial charge in [-0.2, -0.15) is 5.26 Å². The van der Waals surface area contributed by atoms with E-state index < -0.39 is 0 Å². The highest BCUT2D eigenvalue weighted by Gasteiger charge is 2.34. The zero-order valence-electron chi connectivity index (χ0n) is 13.3. The Morgan fingerprint density at radius 2 is 2.04 bits per heavy atom. The lowest BCUT2D eigenvalue weighted by Crippen LogP contribution is -2.40. The Labute approximate surface area is 134 Å². The summed E-state index contributed by atoms with van der Waals surface area (Å²) in [4.78, 5) is 12.9. The summed E-state index contributed by atoms with van der Waals surface area (Å²) in [6, 6.07) is 11.3. The number of nitriles is 1. The third-order valence-electron chi connectivity index (χ3n) is 4.61. The second-order valence-corrected chi connectivity index (χ2v) is 6.07. The van der Waals surface area contributed by atoms with Gasteiger partial charge in [0.1, 0.15) is 11.9 Å². The maximum absolute atomic E-state index is 12.9. The van der Waals surface area contributed by atoms with Crippen molar-refractivity contribution in [1.82, 2.24) is 4.57 Å². The molecule has 0 amide bonds. The van der Waals surface area contributed by atoms with Gasteiger partial charge in [-0.15, -0.1) is 0 Å². The molecule has 1 aliphatic rings. The van der Waals surface area contributed by atoms with E-state index in [1.54, 1.807) is 12.1 Å². The standard InChI is InChI=1S/C18H19N3O2/c1-3-18(2)9-13-14(10-19)16(20)21(12-7-5-4-6-8-12)17(22)15(13)11-23-18/h4-8H,3,9,11,20H2,1-2H3/t18-/m1/s1. The summed E-state index contributed by atoms with van der Waals surface area (Å²) >= 11 is 0. The third kappa shape index (κ3) is 2.41. The van der Waals surface area contributed by atoms with Gasteiger partial charge in [0.05, 0.1) is 23.5 Å². The highest BCUT2D eigenvalue weighted by Crippen LogP contribution is 2.33. The van der Waals surface area contributed by atoms with Crippen molar-refractivity contribution in [2.45, 2.75) is 38.9 Å². The van der Waals surface area contributed by atoms with Crippen LogP contribution in [0.3, 0.4) is 0 Å². The van der Waals surface area contributed by atoms with E-state index in [2.05, 4.69) is 6.07 Å². The van der Waals surface area contributed by atoms with Gasteiger partial charge in [-0.25, -0.2) is 0 Å². The first-order valence-corrected chi connectivity index (χ1v) is 7.66. The van der Waals surface area contributed by atoms with Crippen LogP contribution in [-0.2, 0) is 17.8 Å². The molecule has 0 saturated carbocycles. The fourth-order valence-electron chi connectivity index (χ4n) is 2.99. The first kappa shape index (κ1) is 15.3. The Kier molecular flexibility index (Phi) is 3.70.